The molecule has 0 atom stereocenters. The van der Waals surface area contributed by atoms with E-state index in [4.69, 9.17) is 15.4 Å². The lowest BCUT2D eigenvalue weighted by Gasteiger charge is -2.10. The van der Waals surface area contributed by atoms with E-state index in [2.05, 4.69) is 25.6 Å². The van der Waals surface area contributed by atoms with Crippen LogP contribution in [0.2, 0.25) is 0 Å². The highest BCUT2D eigenvalue weighted by Crippen LogP contribution is 2.24. The van der Waals surface area contributed by atoms with Crippen molar-refractivity contribution in [2.24, 2.45) is 0 Å². The summed E-state index contributed by atoms with van der Waals surface area (Å²) in [6.07, 6.45) is -1.10. The maximum absolute atomic E-state index is 13.7. The monoisotopic (exact) mass is 420 g/mol. The fourth-order valence-electron chi connectivity index (χ4n) is 2.28. The molecule has 13 heteroatoms. The lowest BCUT2D eigenvalue weighted by Crippen LogP contribution is -2.07. The smallest absolute Gasteiger partial charge is 0.335 e. The molecule has 1 heterocycles. The van der Waals surface area contributed by atoms with Crippen LogP contribution in [0.15, 0.2) is 47.4 Å². The van der Waals surface area contributed by atoms with Gasteiger partial charge in [0.2, 0.25) is 11.9 Å². The van der Waals surface area contributed by atoms with Gasteiger partial charge in [-0.3, -0.25) is 4.55 Å². The van der Waals surface area contributed by atoms with Gasteiger partial charge in [0.05, 0.1) is 11.3 Å². The molecule has 0 radical (unpaired) electrons. The fourth-order valence-corrected chi connectivity index (χ4v) is 2.87. The van der Waals surface area contributed by atoms with Crippen LogP contribution in [0.4, 0.5) is 33.3 Å². The van der Waals surface area contributed by atoms with E-state index in [1.807, 2.05) is 0 Å². The number of hydrogen-bond acceptors (Lipinski definition) is 9. The normalized spacial score (nSPS) is 11.1. The minimum atomic E-state index is -4.48. The Morgan fingerprint density at radius 2 is 1.52 bits per heavy atom. The molecule has 0 spiro atoms. The van der Waals surface area contributed by atoms with Gasteiger partial charge in [-0.15, -0.1) is 0 Å². The standard InChI is InChI=1S/C16H13FN6O5S/c17-14-21-15(19-9-3-1-8(2-4-9)13(24)25)23-16(22-14)20-10-5-6-12(11(18)7-10)29(26,27)28/h1-7H,18H2,(H,24,25)(H,26,27,28)(H2,19,20,21,22,23). The largest absolute Gasteiger partial charge is 0.478 e. The SMILES string of the molecule is Nc1cc(Nc2nc(F)nc(Nc3ccc(C(=O)O)cc3)n2)ccc1S(=O)(=O)O. The highest BCUT2D eigenvalue weighted by molar-refractivity contribution is 7.86. The molecule has 0 saturated heterocycles. The molecule has 0 aliphatic heterocycles. The van der Waals surface area contributed by atoms with E-state index in [0.717, 1.165) is 6.07 Å². The summed E-state index contributed by atoms with van der Waals surface area (Å²) in [4.78, 5) is 21.3. The van der Waals surface area contributed by atoms with E-state index >= 15 is 0 Å². The van der Waals surface area contributed by atoms with Crippen LogP contribution in [0.25, 0.3) is 0 Å². The van der Waals surface area contributed by atoms with E-state index in [1.54, 1.807) is 0 Å². The molecular formula is C16H13FN6O5S. The second-order valence-corrected chi connectivity index (χ2v) is 7.00. The Morgan fingerprint density at radius 1 is 0.966 bits per heavy atom. The van der Waals surface area contributed by atoms with E-state index < -0.39 is 27.1 Å². The molecule has 3 aromatic rings. The van der Waals surface area contributed by atoms with E-state index in [-0.39, 0.29) is 28.8 Å². The summed E-state index contributed by atoms with van der Waals surface area (Å²) < 4.78 is 45.2. The number of nitrogens with one attached hydrogen (secondary N) is 2. The number of carboxylic acids is 1. The Bertz CT molecular complexity index is 1190. The van der Waals surface area contributed by atoms with Gasteiger partial charge in [-0.1, -0.05) is 0 Å². The highest BCUT2D eigenvalue weighted by Gasteiger charge is 2.15. The van der Waals surface area contributed by atoms with Crippen molar-refractivity contribution >= 4 is 45.0 Å². The Balaban J connectivity index is 1.82. The second kappa shape index (κ2) is 7.65. The summed E-state index contributed by atoms with van der Waals surface area (Å²) in [5.74, 6) is -1.46. The molecule has 0 bridgehead atoms. The molecule has 0 aliphatic rings. The molecule has 0 fully saturated rings. The zero-order chi connectivity index (χ0) is 21.2. The molecule has 11 nitrogen and oxygen atoms in total. The maximum Gasteiger partial charge on any atom is 0.335 e. The molecule has 0 amide bonds. The van der Waals surface area contributed by atoms with E-state index in [9.17, 15) is 17.6 Å². The van der Waals surface area contributed by atoms with Crippen LogP contribution in [0.1, 0.15) is 10.4 Å². The number of anilines is 5. The molecule has 2 aromatic carbocycles. The Kier molecular flexibility index (Phi) is 5.25. The third-order valence-corrected chi connectivity index (χ3v) is 4.47. The van der Waals surface area contributed by atoms with Gasteiger partial charge in [0, 0.05) is 11.4 Å². The lowest BCUT2D eigenvalue weighted by atomic mass is 10.2. The van der Waals surface area contributed by atoms with Crippen LogP contribution in [0.3, 0.4) is 0 Å². The molecule has 1 aromatic heterocycles. The number of halogens is 1. The molecular weight excluding hydrogens is 407 g/mol. The van der Waals surface area contributed by atoms with Crippen LogP contribution < -0.4 is 16.4 Å². The van der Waals surface area contributed by atoms with Crippen molar-refractivity contribution in [3.8, 4) is 0 Å². The molecule has 3 rings (SSSR count). The topological polar surface area (TPSA) is 180 Å². The van der Waals surface area contributed by atoms with Gasteiger partial charge in [-0.2, -0.15) is 27.8 Å². The number of hydrogen-bond donors (Lipinski definition) is 5. The first-order chi connectivity index (χ1) is 13.6. The van der Waals surface area contributed by atoms with Gasteiger partial charge in [0.15, 0.2) is 0 Å². The van der Waals surface area contributed by atoms with Crippen molar-refractivity contribution in [3.05, 3.63) is 54.1 Å². The first-order valence-electron chi connectivity index (χ1n) is 7.78. The average Bonchev–Trinajstić information content (AvgIpc) is 2.60. The van der Waals surface area contributed by atoms with Crippen LogP contribution >= 0.6 is 0 Å². The molecule has 0 saturated carbocycles. The number of nitrogen functional groups attached to an aromatic ring is 1. The first-order valence-corrected chi connectivity index (χ1v) is 9.22. The van der Waals surface area contributed by atoms with Gasteiger partial charge >= 0.3 is 12.0 Å². The van der Waals surface area contributed by atoms with Crippen molar-refractivity contribution < 1.29 is 27.3 Å². The molecule has 0 aliphatic carbocycles. The number of aromatic nitrogens is 3. The third-order valence-electron chi connectivity index (χ3n) is 3.54. The van der Waals surface area contributed by atoms with Crippen LogP contribution in [-0.4, -0.2) is 39.0 Å². The zero-order valence-corrected chi connectivity index (χ0v) is 15.2. The number of nitrogens with two attached hydrogens (primary N) is 1. The van der Waals surface area contributed by atoms with Crippen molar-refractivity contribution in [2.75, 3.05) is 16.4 Å². The number of nitrogens with zero attached hydrogens (tertiary/aromatic N) is 3. The number of aromatic carboxylic acids is 1. The lowest BCUT2D eigenvalue weighted by molar-refractivity contribution is 0.0697. The fraction of sp³-hybridized carbons (Fsp3) is 0. The summed E-state index contributed by atoms with van der Waals surface area (Å²) in [6.45, 7) is 0. The van der Waals surface area contributed by atoms with Crippen LogP contribution in [0, 0.1) is 6.08 Å². The summed E-state index contributed by atoms with van der Waals surface area (Å²) >= 11 is 0. The summed E-state index contributed by atoms with van der Waals surface area (Å²) in [5.41, 5.74) is 6.08. The predicted molar refractivity (Wildman–Crippen MR) is 100 cm³/mol. The van der Waals surface area contributed by atoms with Gasteiger partial charge < -0.3 is 21.5 Å². The predicted octanol–water partition coefficient (Wildman–Crippen LogP) is 2.02. The van der Waals surface area contributed by atoms with E-state index in [1.165, 1.54) is 36.4 Å². The van der Waals surface area contributed by atoms with Crippen molar-refractivity contribution in [2.45, 2.75) is 4.90 Å². The summed E-state index contributed by atoms with van der Waals surface area (Å²) in [5, 5.41) is 14.2. The Hall–Kier alpha value is -3.84. The number of benzene rings is 2. The van der Waals surface area contributed by atoms with Crippen molar-refractivity contribution in [1.82, 2.24) is 15.0 Å². The third kappa shape index (κ3) is 4.91. The first kappa shape index (κ1) is 19.9. The minimum absolute atomic E-state index is 0.0747. The molecule has 6 N–H and O–H groups in total. The van der Waals surface area contributed by atoms with Crippen molar-refractivity contribution in [1.29, 1.82) is 0 Å². The Morgan fingerprint density at radius 3 is 2.03 bits per heavy atom. The van der Waals surface area contributed by atoms with Gasteiger partial charge in [-0.05, 0) is 42.5 Å². The van der Waals surface area contributed by atoms with Crippen LogP contribution in [-0.2, 0) is 10.1 Å². The maximum atomic E-state index is 13.7. The molecule has 150 valence electrons. The zero-order valence-electron chi connectivity index (χ0n) is 14.4. The van der Waals surface area contributed by atoms with Gasteiger partial charge in [0.25, 0.3) is 10.1 Å². The van der Waals surface area contributed by atoms with E-state index in [0.29, 0.717) is 5.69 Å². The van der Waals surface area contributed by atoms with Gasteiger partial charge in [-0.25, -0.2) is 4.79 Å². The number of rotatable bonds is 6. The Labute approximate surface area is 163 Å². The number of carboxylic acid groups (broad SMARTS) is 1. The van der Waals surface area contributed by atoms with Crippen molar-refractivity contribution in [3.63, 3.8) is 0 Å². The minimum Gasteiger partial charge on any atom is -0.478 e. The molecule has 29 heavy (non-hydrogen) atoms. The van der Waals surface area contributed by atoms with Crippen LogP contribution in [0.5, 0.6) is 0 Å². The quantitative estimate of drug-likeness (QED) is 0.291. The summed E-state index contributed by atoms with van der Waals surface area (Å²) in [6, 6.07) is 9.14. The molecule has 0 unspecified atom stereocenters. The highest BCUT2D eigenvalue weighted by atomic mass is 32.2. The van der Waals surface area contributed by atoms with Gasteiger partial charge in [0.1, 0.15) is 4.90 Å². The average molecular weight is 420 g/mol. The summed E-state index contributed by atoms with van der Waals surface area (Å²) in [7, 11) is -4.48. The second-order valence-electron chi connectivity index (χ2n) is 5.61. The number of carbonyl (C=O) groups is 1.